The Morgan fingerprint density at radius 2 is 2.33 bits per heavy atom. The van der Waals surface area contributed by atoms with E-state index in [1.54, 1.807) is 4.57 Å². The minimum Gasteiger partial charge on any atom is -0.398 e. The monoisotopic (exact) mass is 333 g/mol. The molecule has 9 nitrogen and oxygen atoms in total. The molecule has 1 fully saturated rings. The minimum atomic E-state index is -0.939. The van der Waals surface area contributed by atoms with Crippen molar-refractivity contribution in [3.8, 4) is 0 Å². The van der Waals surface area contributed by atoms with Crippen molar-refractivity contribution in [2.24, 2.45) is 5.73 Å². The van der Waals surface area contributed by atoms with Crippen LogP contribution in [-0.2, 0) is 9.47 Å². The lowest BCUT2D eigenvalue weighted by Gasteiger charge is -2.20. The van der Waals surface area contributed by atoms with Crippen molar-refractivity contribution in [3.63, 3.8) is 0 Å². The summed E-state index contributed by atoms with van der Waals surface area (Å²) in [5.74, 6) is 0.691. The third kappa shape index (κ3) is 2.09. The number of nitrogens with zero attached hydrogens (tertiary/aromatic N) is 3. The SMILES string of the molecule is CO[C@@H]1[C@H](O)[C@@H](CO)O[C@H]1n1cc2c3c(ncnc31)NCC=C2N. The van der Waals surface area contributed by atoms with Gasteiger partial charge in [0.05, 0.1) is 12.0 Å². The molecular weight excluding hydrogens is 314 g/mol. The summed E-state index contributed by atoms with van der Waals surface area (Å²) in [6.07, 6.45) is 2.23. The van der Waals surface area contributed by atoms with Crippen LogP contribution >= 0.6 is 0 Å². The zero-order chi connectivity index (χ0) is 16.8. The van der Waals surface area contributed by atoms with Gasteiger partial charge in [-0.15, -0.1) is 0 Å². The molecule has 0 spiro atoms. The van der Waals surface area contributed by atoms with Gasteiger partial charge in [0, 0.05) is 31.1 Å². The van der Waals surface area contributed by atoms with E-state index in [-0.39, 0.29) is 6.61 Å². The topological polar surface area (TPSA) is 128 Å². The van der Waals surface area contributed by atoms with Crippen LogP contribution in [0.25, 0.3) is 16.7 Å². The van der Waals surface area contributed by atoms with Gasteiger partial charge in [-0.3, -0.25) is 0 Å². The quantitative estimate of drug-likeness (QED) is 0.587. The first kappa shape index (κ1) is 15.3. The minimum absolute atomic E-state index is 0.298. The Bertz CT molecular complexity index is 805. The number of nitrogens with two attached hydrogens (primary N) is 1. The van der Waals surface area contributed by atoms with Crippen molar-refractivity contribution >= 4 is 22.5 Å². The molecule has 4 heterocycles. The summed E-state index contributed by atoms with van der Waals surface area (Å²) < 4.78 is 13.0. The van der Waals surface area contributed by atoms with Crippen LogP contribution in [0.1, 0.15) is 11.8 Å². The lowest BCUT2D eigenvalue weighted by atomic mass is 10.1. The van der Waals surface area contributed by atoms with Crippen LogP contribution in [0.4, 0.5) is 5.82 Å². The highest BCUT2D eigenvalue weighted by Crippen LogP contribution is 2.37. The molecule has 2 aliphatic rings. The van der Waals surface area contributed by atoms with Gasteiger partial charge < -0.3 is 35.3 Å². The van der Waals surface area contributed by atoms with E-state index in [9.17, 15) is 10.2 Å². The van der Waals surface area contributed by atoms with Gasteiger partial charge in [-0.05, 0) is 6.08 Å². The lowest BCUT2D eigenvalue weighted by molar-refractivity contribution is -0.0580. The van der Waals surface area contributed by atoms with Crippen LogP contribution in [0.2, 0.25) is 0 Å². The van der Waals surface area contributed by atoms with Crippen molar-refractivity contribution < 1.29 is 19.7 Å². The third-order valence-corrected chi connectivity index (χ3v) is 4.55. The molecule has 0 radical (unpaired) electrons. The Hall–Kier alpha value is -2.20. The second-order valence-electron chi connectivity index (χ2n) is 5.85. The Morgan fingerprint density at radius 3 is 3.08 bits per heavy atom. The Morgan fingerprint density at radius 1 is 1.50 bits per heavy atom. The van der Waals surface area contributed by atoms with E-state index in [1.807, 2.05) is 12.3 Å². The summed E-state index contributed by atoms with van der Waals surface area (Å²) >= 11 is 0. The van der Waals surface area contributed by atoms with Crippen molar-refractivity contribution in [2.45, 2.75) is 24.5 Å². The van der Waals surface area contributed by atoms with Gasteiger partial charge in [0.1, 0.15) is 36.1 Å². The summed E-state index contributed by atoms with van der Waals surface area (Å²) in [7, 11) is 1.50. The fraction of sp³-hybridized carbons (Fsp3) is 0.467. The van der Waals surface area contributed by atoms with Crippen LogP contribution in [0.3, 0.4) is 0 Å². The molecular formula is C15H19N5O4. The molecule has 4 atom stereocenters. The molecule has 5 N–H and O–H groups in total. The summed E-state index contributed by atoms with van der Waals surface area (Å²) in [4.78, 5) is 8.63. The number of nitrogens with one attached hydrogen (secondary N) is 1. The van der Waals surface area contributed by atoms with E-state index in [0.717, 1.165) is 10.9 Å². The van der Waals surface area contributed by atoms with E-state index < -0.39 is 24.5 Å². The van der Waals surface area contributed by atoms with Gasteiger partial charge in [0.2, 0.25) is 0 Å². The van der Waals surface area contributed by atoms with Crippen LogP contribution in [0.15, 0.2) is 18.6 Å². The molecule has 0 bridgehead atoms. The molecule has 9 heteroatoms. The number of rotatable bonds is 3. The Labute approximate surface area is 137 Å². The van der Waals surface area contributed by atoms with Crippen molar-refractivity contribution in [3.05, 3.63) is 24.2 Å². The van der Waals surface area contributed by atoms with Crippen LogP contribution < -0.4 is 11.1 Å². The molecule has 24 heavy (non-hydrogen) atoms. The Balaban J connectivity index is 1.89. The number of aromatic nitrogens is 3. The van der Waals surface area contributed by atoms with Gasteiger partial charge in [-0.2, -0.15) is 0 Å². The van der Waals surface area contributed by atoms with Crippen LogP contribution in [-0.4, -0.2) is 63.3 Å². The summed E-state index contributed by atoms with van der Waals surface area (Å²) in [5.41, 5.74) is 8.19. The van der Waals surface area contributed by atoms with E-state index in [1.165, 1.54) is 13.4 Å². The summed E-state index contributed by atoms with van der Waals surface area (Å²) in [6.45, 7) is 0.284. The molecule has 0 aliphatic carbocycles. The maximum atomic E-state index is 10.3. The zero-order valence-corrected chi connectivity index (χ0v) is 13.1. The molecule has 2 aromatic heterocycles. The first-order valence-corrected chi connectivity index (χ1v) is 7.68. The molecule has 128 valence electrons. The molecule has 1 saturated heterocycles. The fourth-order valence-corrected chi connectivity index (χ4v) is 3.35. The predicted molar refractivity (Wildman–Crippen MR) is 86.0 cm³/mol. The highest BCUT2D eigenvalue weighted by molar-refractivity contribution is 5.98. The van der Waals surface area contributed by atoms with Gasteiger partial charge in [0.15, 0.2) is 6.23 Å². The van der Waals surface area contributed by atoms with Crippen molar-refractivity contribution in [1.29, 1.82) is 0 Å². The molecule has 2 aliphatic heterocycles. The van der Waals surface area contributed by atoms with Gasteiger partial charge in [0.25, 0.3) is 0 Å². The summed E-state index contributed by atoms with van der Waals surface area (Å²) in [6, 6.07) is 0. The zero-order valence-electron chi connectivity index (χ0n) is 13.1. The van der Waals surface area contributed by atoms with Gasteiger partial charge in [-0.25, -0.2) is 9.97 Å². The lowest BCUT2D eigenvalue weighted by Crippen LogP contribution is -2.34. The number of aliphatic hydroxyl groups excluding tert-OH is 2. The normalized spacial score (nSPS) is 29.4. The molecule has 0 unspecified atom stereocenters. The van der Waals surface area contributed by atoms with Gasteiger partial charge >= 0.3 is 0 Å². The third-order valence-electron chi connectivity index (χ3n) is 4.55. The highest BCUT2D eigenvalue weighted by Gasteiger charge is 2.45. The maximum Gasteiger partial charge on any atom is 0.164 e. The average molecular weight is 333 g/mol. The Kier molecular flexibility index (Phi) is 3.65. The molecule has 0 saturated carbocycles. The largest absolute Gasteiger partial charge is 0.398 e. The number of hydrogen-bond donors (Lipinski definition) is 4. The highest BCUT2D eigenvalue weighted by atomic mass is 16.6. The van der Waals surface area contributed by atoms with Crippen molar-refractivity contribution in [2.75, 3.05) is 25.6 Å². The number of ether oxygens (including phenoxy) is 2. The number of anilines is 1. The second-order valence-corrected chi connectivity index (χ2v) is 5.85. The van der Waals surface area contributed by atoms with Crippen LogP contribution in [0, 0.1) is 0 Å². The van der Waals surface area contributed by atoms with Crippen LogP contribution in [0.5, 0.6) is 0 Å². The molecule has 2 aromatic rings. The maximum absolute atomic E-state index is 10.3. The number of hydrogen-bond acceptors (Lipinski definition) is 8. The van der Waals surface area contributed by atoms with E-state index in [4.69, 9.17) is 15.2 Å². The standard InChI is InChI=1S/C15H19N5O4/c1-23-12-11(22)9(5-21)24-15(12)20-4-7-8(16)2-3-17-13-10(7)14(20)19-6-18-13/h2,4,6,9,11-12,15,21-22H,3,5,16H2,1H3,(H,17,18,19)/t9-,11-,12-,15-/m1/s1. The summed E-state index contributed by atoms with van der Waals surface area (Å²) in [5, 5.41) is 23.7. The van der Waals surface area contributed by atoms with E-state index in [0.29, 0.717) is 23.7 Å². The first-order chi connectivity index (χ1) is 11.7. The van der Waals surface area contributed by atoms with E-state index >= 15 is 0 Å². The fourth-order valence-electron chi connectivity index (χ4n) is 3.35. The van der Waals surface area contributed by atoms with E-state index in [2.05, 4.69) is 15.3 Å². The average Bonchev–Trinajstić information content (AvgIpc) is 3.07. The predicted octanol–water partition coefficient (Wildman–Crippen LogP) is -0.578. The molecule has 0 amide bonds. The van der Waals surface area contributed by atoms with Gasteiger partial charge in [-0.1, -0.05) is 0 Å². The second kappa shape index (κ2) is 5.71. The smallest absolute Gasteiger partial charge is 0.164 e. The first-order valence-electron chi connectivity index (χ1n) is 7.68. The molecule has 0 aromatic carbocycles. The number of aliphatic hydroxyl groups is 2. The number of methoxy groups -OCH3 is 1. The molecule has 4 rings (SSSR count). The van der Waals surface area contributed by atoms with Crippen molar-refractivity contribution in [1.82, 2.24) is 14.5 Å².